The summed E-state index contributed by atoms with van der Waals surface area (Å²) in [6.07, 6.45) is 2.13. The highest BCUT2D eigenvalue weighted by atomic mass is 32.2. The van der Waals surface area contributed by atoms with Gasteiger partial charge in [0.25, 0.3) is 11.6 Å². The number of nitro groups is 1. The Kier molecular flexibility index (Phi) is 6.16. The molecular weight excluding hydrogens is 296 g/mol. The number of carbonyl (C=O) groups excluding carboxylic acids is 1. The lowest BCUT2D eigenvalue weighted by atomic mass is 10.1. The van der Waals surface area contributed by atoms with Crippen LogP contribution >= 0.6 is 11.8 Å². The SMILES string of the molecule is CSCC[C@@H](NC(=O)c1cc(C)cc([N+](=O)[O-])c1)C(=O)O. The first-order valence-corrected chi connectivity index (χ1v) is 7.53. The average molecular weight is 312 g/mol. The number of amides is 1. The third-order valence-electron chi connectivity index (χ3n) is 2.75. The van der Waals surface area contributed by atoms with Crippen LogP contribution in [-0.2, 0) is 4.79 Å². The van der Waals surface area contributed by atoms with Gasteiger partial charge in [-0.25, -0.2) is 4.79 Å². The molecule has 0 aliphatic carbocycles. The number of hydrogen-bond donors (Lipinski definition) is 2. The standard InChI is InChI=1S/C13H16N2O5S/c1-8-5-9(7-10(6-8)15(19)20)12(16)14-11(13(17)18)3-4-21-2/h5-7,11H,3-4H2,1-2H3,(H,14,16)(H,17,18)/t11-/m1/s1. The van der Waals surface area contributed by atoms with Crippen LogP contribution in [-0.4, -0.2) is 40.0 Å². The summed E-state index contributed by atoms with van der Waals surface area (Å²) in [5.41, 5.74) is 0.443. The van der Waals surface area contributed by atoms with Gasteiger partial charge in [-0.2, -0.15) is 11.8 Å². The van der Waals surface area contributed by atoms with Gasteiger partial charge in [0.1, 0.15) is 6.04 Å². The number of carboxylic acids is 1. The maximum Gasteiger partial charge on any atom is 0.326 e. The number of nitro benzene ring substituents is 1. The van der Waals surface area contributed by atoms with Gasteiger partial charge in [-0.15, -0.1) is 0 Å². The van der Waals surface area contributed by atoms with Crippen LogP contribution in [0.1, 0.15) is 22.3 Å². The largest absolute Gasteiger partial charge is 0.480 e. The van der Waals surface area contributed by atoms with Crippen LogP contribution in [0.4, 0.5) is 5.69 Å². The minimum atomic E-state index is -1.13. The van der Waals surface area contributed by atoms with Crippen LogP contribution in [0.3, 0.4) is 0 Å². The second kappa shape index (κ2) is 7.63. The van der Waals surface area contributed by atoms with E-state index in [4.69, 9.17) is 5.11 Å². The molecule has 1 aromatic carbocycles. The van der Waals surface area contributed by atoms with Crippen LogP contribution in [0.2, 0.25) is 0 Å². The van der Waals surface area contributed by atoms with Gasteiger partial charge >= 0.3 is 5.97 Å². The molecule has 0 radical (unpaired) electrons. The minimum absolute atomic E-state index is 0.0806. The summed E-state index contributed by atoms with van der Waals surface area (Å²) in [6.45, 7) is 1.63. The Hall–Kier alpha value is -2.09. The van der Waals surface area contributed by atoms with Crippen molar-refractivity contribution in [1.82, 2.24) is 5.32 Å². The summed E-state index contributed by atoms with van der Waals surface area (Å²) >= 11 is 1.48. The molecule has 1 aromatic rings. The molecule has 0 aliphatic rings. The predicted octanol–water partition coefficient (Wildman–Crippen LogP) is 1.84. The van der Waals surface area contributed by atoms with Crippen LogP contribution in [0, 0.1) is 17.0 Å². The Morgan fingerprint density at radius 2 is 2.10 bits per heavy atom. The number of carbonyl (C=O) groups is 2. The molecule has 1 amide bonds. The fraction of sp³-hybridized carbons (Fsp3) is 0.385. The molecule has 1 rings (SSSR count). The molecule has 8 heteroatoms. The quantitative estimate of drug-likeness (QED) is 0.587. The lowest BCUT2D eigenvalue weighted by Gasteiger charge is -2.14. The van der Waals surface area contributed by atoms with Crippen molar-refractivity contribution in [2.75, 3.05) is 12.0 Å². The van der Waals surface area contributed by atoms with E-state index in [1.54, 1.807) is 6.92 Å². The minimum Gasteiger partial charge on any atom is -0.480 e. The lowest BCUT2D eigenvalue weighted by molar-refractivity contribution is -0.384. The maximum atomic E-state index is 12.0. The zero-order valence-corrected chi connectivity index (χ0v) is 12.5. The van der Waals surface area contributed by atoms with E-state index in [2.05, 4.69) is 5.32 Å². The number of rotatable bonds is 7. The van der Waals surface area contributed by atoms with Gasteiger partial charge in [0.2, 0.25) is 0 Å². The van der Waals surface area contributed by atoms with Crippen LogP contribution < -0.4 is 5.32 Å². The Balaban J connectivity index is 2.92. The summed E-state index contributed by atoms with van der Waals surface area (Å²) in [4.78, 5) is 33.3. The van der Waals surface area contributed by atoms with Gasteiger partial charge < -0.3 is 10.4 Å². The number of benzene rings is 1. The Morgan fingerprint density at radius 3 is 2.62 bits per heavy atom. The molecule has 0 aromatic heterocycles. The Bertz CT molecular complexity index is 561. The van der Waals surface area contributed by atoms with Crippen LogP contribution in [0.25, 0.3) is 0 Å². The number of nitrogens with zero attached hydrogens (tertiary/aromatic N) is 1. The summed E-state index contributed by atoms with van der Waals surface area (Å²) in [7, 11) is 0. The molecule has 0 spiro atoms. The van der Waals surface area contributed by atoms with Gasteiger partial charge in [0.15, 0.2) is 0 Å². The summed E-state index contributed by atoms with van der Waals surface area (Å²) in [6, 6.07) is 2.95. The zero-order valence-electron chi connectivity index (χ0n) is 11.7. The second-order valence-corrected chi connectivity index (χ2v) is 5.45. The van der Waals surface area contributed by atoms with Gasteiger partial charge in [-0.1, -0.05) is 0 Å². The highest BCUT2D eigenvalue weighted by molar-refractivity contribution is 7.98. The number of thioether (sulfide) groups is 1. The van der Waals surface area contributed by atoms with E-state index in [0.29, 0.717) is 11.3 Å². The van der Waals surface area contributed by atoms with Crippen LogP contribution in [0.15, 0.2) is 18.2 Å². The van der Waals surface area contributed by atoms with Crippen molar-refractivity contribution in [2.24, 2.45) is 0 Å². The molecule has 1 atom stereocenters. The Morgan fingerprint density at radius 1 is 1.43 bits per heavy atom. The first-order chi connectivity index (χ1) is 9.85. The predicted molar refractivity (Wildman–Crippen MR) is 79.7 cm³/mol. The van der Waals surface area contributed by atoms with Gasteiger partial charge in [0.05, 0.1) is 4.92 Å². The molecule has 0 saturated heterocycles. The van der Waals surface area contributed by atoms with E-state index in [0.717, 1.165) is 6.07 Å². The van der Waals surface area contributed by atoms with E-state index in [1.807, 2.05) is 6.26 Å². The topological polar surface area (TPSA) is 110 Å². The Labute approximate surface area is 125 Å². The van der Waals surface area contributed by atoms with Crippen molar-refractivity contribution in [3.8, 4) is 0 Å². The molecule has 114 valence electrons. The number of non-ortho nitro benzene ring substituents is 1. The van der Waals surface area contributed by atoms with E-state index in [1.165, 1.54) is 23.9 Å². The third-order valence-corrected chi connectivity index (χ3v) is 3.39. The smallest absolute Gasteiger partial charge is 0.326 e. The molecule has 2 N–H and O–H groups in total. The van der Waals surface area contributed by atoms with Crippen LogP contribution in [0.5, 0.6) is 0 Å². The number of carboxylic acid groups (broad SMARTS) is 1. The number of hydrogen-bond acceptors (Lipinski definition) is 5. The van der Waals surface area contributed by atoms with Crippen molar-refractivity contribution in [1.29, 1.82) is 0 Å². The lowest BCUT2D eigenvalue weighted by Crippen LogP contribution is -2.41. The zero-order chi connectivity index (χ0) is 16.0. The molecule has 21 heavy (non-hydrogen) atoms. The molecule has 0 fully saturated rings. The molecule has 0 bridgehead atoms. The number of aryl methyl sites for hydroxylation is 1. The maximum absolute atomic E-state index is 12.0. The van der Waals surface area contributed by atoms with Crippen molar-refractivity contribution < 1.29 is 19.6 Å². The van der Waals surface area contributed by atoms with Crippen molar-refractivity contribution >= 4 is 29.3 Å². The summed E-state index contributed by atoms with van der Waals surface area (Å²) in [5.74, 6) is -1.17. The molecule has 0 aliphatic heterocycles. The van der Waals surface area contributed by atoms with Gasteiger partial charge in [0, 0.05) is 17.7 Å². The third kappa shape index (κ3) is 5.07. The van der Waals surface area contributed by atoms with Crippen molar-refractivity contribution in [2.45, 2.75) is 19.4 Å². The molecule has 0 unspecified atom stereocenters. The molecule has 0 heterocycles. The fourth-order valence-electron chi connectivity index (χ4n) is 1.73. The van der Waals surface area contributed by atoms with Crippen molar-refractivity contribution in [3.05, 3.63) is 39.4 Å². The second-order valence-electron chi connectivity index (χ2n) is 4.46. The van der Waals surface area contributed by atoms with E-state index >= 15 is 0 Å². The average Bonchev–Trinajstić information content (AvgIpc) is 2.42. The van der Waals surface area contributed by atoms with Gasteiger partial charge in [-0.3, -0.25) is 14.9 Å². The van der Waals surface area contributed by atoms with E-state index in [-0.39, 0.29) is 17.7 Å². The first kappa shape index (κ1) is 17.0. The monoisotopic (exact) mass is 312 g/mol. The highest BCUT2D eigenvalue weighted by Gasteiger charge is 2.21. The fourth-order valence-corrected chi connectivity index (χ4v) is 2.21. The molecule has 7 nitrogen and oxygen atoms in total. The summed E-state index contributed by atoms with van der Waals surface area (Å²) < 4.78 is 0. The molecular formula is C13H16N2O5S. The summed E-state index contributed by atoms with van der Waals surface area (Å²) in [5, 5.41) is 22.2. The van der Waals surface area contributed by atoms with E-state index in [9.17, 15) is 19.7 Å². The van der Waals surface area contributed by atoms with Crippen molar-refractivity contribution in [3.63, 3.8) is 0 Å². The first-order valence-electron chi connectivity index (χ1n) is 6.14. The van der Waals surface area contributed by atoms with E-state index < -0.39 is 22.8 Å². The molecule has 0 saturated carbocycles. The normalized spacial score (nSPS) is 11.7. The van der Waals surface area contributed by atoms with Gasteiger partial charge in [-0.05, 0) is 37.0 Å². The highest BCUT2D eigenvalue weighted by Crippen LogP contribution is 2.17. The number of aliphatic carboxylic acids is 1. The number of nitrogens with one attached hydrogen (secondary N) is 1.